The lowest BCUT2D eigenvalue weighted by atomic mass is 10.1. The molecule has 0 amide bonds. The molecule has 4 rings (SSSR count). The molecular weight excluding hydrogens is 382 g/mol. The summed E-state index contributed by atoms with van der Waals surface area (Å²) < 4.78 is 7.33. The fraction of sp³-hybridized carbons (Fsp3) is 0.263. The van der Waals surface area contributed by atoms with Crippen LogP contribution in [0.5, 0.6) is 0 Å². The van der Waals surface area contributed by atoms with Crippen LogP contribution in [-0.2, 0) is 4.74 Å². The van der Waals surface area contributed by atoms with E-state index in [1.54, 1.807) is 18.3 Å². The molecule has 1 aliphatic heterocycles. The van der Waals surface area contributed by atoms with E-state index in [1.807, 2.05) is 10.9 Å². The van der Waals surface area contributed by atoms with E-state index in [4.69, 9.17) is 21.4 Å². The van der Waals surface area contributed by atoms with Gasteiger partial charge in [0.05, 0.1) is 40.4 Å². The molecule has 1 fully saturated rings. The van der Waals surface area contributed by atoms with Crippen LogP contribution in [0.4, 0.5) is 11.6 Å². The molecule has 0 atom stereocenters. The van der Waals surface area contributed by atoms with Crippen molar-refractivity contribution in [1.82, 2.24) is 19.7 Å². The maximum absolute atomic E-state index is 11.0. The van der Waals surface area contributed by atoms with E-state index in [1.165, 1.54) is 18.3 Å². The molecule has 9 heteroatoms. The highest BCUT2D eigenvalue weighted by atomic mass is 35.5. The zero-order chi connectivity index (χ0) is 19.5. The third kappa shape index (κ3) is 3.97. The number of benzene rings is 1. The molecule has 0 aliphatic carbocycles. The van der Waals surface area contributed by atoms with Gasteiger partial charge >= 0.3 is 5.97 Å². The summed E-state index contributed by atoms with van der Waals surface area (Å²) in [6, 6.07) is 6.70. The van der Waals surface area contributed by atoms with Crippen molar-refractivity contribution in [3.63, 3.8) is 0 Å². The van der Waals surface area contributed by atoms with Gasteiger partial charge in [0.25, 0.3) is 0 Å². The summed E-state index contributed by atoms with van der Waals surface area (Å²) in [5.74, 6) is -0.600. The normalized spacial score (nSPS) is 14.8. The average Bonchev–Trinajstić information content (AvgIpc) is 3.19. The predicted octanol–water partition coefficient (Wildman–Crippen LogP) is 3.79. The van der Waals surface area contributed by atoms with Crippen molar-refractivity contribution in [2.45, 2.75) is 18.9 Å². The number of aromatic nitrogens is 4. The number of halogens is 1. The Hall–Kier alpha value is -2.97. The Bertz CT molecular complexity index is 983. The van der Waals surface area contributed by atoms with Crippen molar-refractivity contribution in [1.29, 1.82) is 0 Å². The minimum atomic E-state index is -0.982. The number of nitrogens with one attached hydrogen (secondary N) is 1. The van der Waals surface area contributed by atoms with E-state index in [-0.39, 0.29) is 5.56 Å². The number of anilines is 2. The summed E-state index contributed by atoms with van der Waals surface area (Å²) in [6.45, 7) is 1.50. The highest BCUT2D eigenvalue weighted by Crippen LogP contribution is 2.28. The Morgan fingerprint density at radius 1 is 1.21 bits per heavy atom. The largest absolute Gasteiger partial charge is 0.478 e. The Morgan fingerprint density at radius 3 is 2.68 bits per heavy atom. The molecule has 0 spiro atoms. The Morgan fingerprint density at radius 2 is 1.96 bits per heavy atom. The van der Waals surface area contributed by atoms with Crippen molar-refractivity contribution in [3.8, 4) is 11.3 Å². The average molecular weight is 400 g/mol. The third-order valence-electron chi connectivity index (χ3n) is 4.57. The molecule has 2 N–H and O–H groups in total. The lowest BCUT2D eigenvalue weighted by Crippen LogP contribution is -2.19. The number of hydrogen-bond donors (Lipinski definition) is 2. The third-order valence-corrected chi connectivity index (χ3v) is 4.85. The van der Waals surface area contributed by atoms with Gasteiger partial charge in [-0.05, 0) is 25.0 Å². The summed E-state index contributed by atoms with van der Waals surface area (Å²) in [5, 5.41) is 17.0. The van der Waals surface area contributed by atoms with Crippen LogP contribution in [0, 0.1) is 0 Å². The summed E-state index contributed by atoms with van der Waals surface area (Å²) in [7, 11) is 0. The molecule has 0 saturated carbocycles. The molecule has 8 nitrogen and oxygen atoms in total. The van der Waals surface area contributed by atoms with E-state index < -0.39 is 5.97 Å². The number of carbonyl (C=O) groups is 1. The van der Waals surface area contributed by atoms with Crippen LogP contribution < -0.4 is 5.32 Å². The fourth-order valence-corrected chi connectivity index (χ4v) is 3.28. The van der Waals surface area contributed by atoms with Crippen molar-refractivity contribution >= 4 is 29.2 Å². The quantitative estimate of drug-likeness (QED) is 0.672. The van der Waals surface area contributed by atoms with Crippen LogP contribution in [0.2, 0.25) is 5.02 Å². The summed E-state index contributed by atoms with van der Waals surface area (Å²) in [4.78, 5) is 19.7. The Balaban J connectivity index is 1.54. The molecule has 0 bridgehead atoms. The highest BCUT2D eigenvalue weighted by molar-refractivity contribution is 6.32. The van der Waals surface area contributed by atoms with Crippen LogP contribution in [0.3, 0.4) is 0 Å². The van der Waals surface area contributed by atoms with Crippen molar-refractivity contribution < 1.29 is 14.6 Å². The Labute approximate surface area is 166 Å². The first kappa shape index (κ1) is 18.4. The van der Waals surface area contributed by atoms with Crippen LogP contribution in [0.1, 0.15) is 29.2 Å². The van der Waals surface area contributed by atoms with Crippen LogP contribution in [0.15, 0.2) is 42.9 Å². The number of rotatable bonds is 5. The molecular formula is C19H18ClN5O3. The van der Waals surface area contributed by atoms with Gasteiger partial charge in [-0.1, -0.05) is 23.7 Å². The van der Waals surface area contributed by atoms with Crippen molar-refractivity contribution in [2.24, 2.45) is 0 Å². The number of ether oxygens (including phenoxy) is 1. The monoisotopic (exact) mass is 399 g/mol. The second-order valence-corrected chi connectivity index (χ2v) is 6.86. The smallest absolute Gasteiger partial charge is 0.335 e. The second-order valence-electron chi connectivity index (χ2n) is 6.45. The molecule has 28 heavy (non-hydrogen) atoms. The minimum absolute atomic E-state index is 0.202. The van der Waals surface area contributed by atoms with E-state index in [2.05, 4.69) is 20.4 Å². The Kier molecular flexibility index (Phi) is 5.23. The van der Waals surface area contributed by atoms with E-state index in [0.717, 1.165) is 31.7 Å². The van der Waals surface area contributed by atoms with Gasteiger partial charge in [-0.2, -0.15) is 5.10 Å². The van der Waals surface area contributed by atoms with E-state index in [0.29, 0.717) is 28.3 Å². The summed E-state index contributed by atoms with van der Waals surface area (Å²) in [5.41, 5.74) is 2.21. The molecule has 144 valence electrons. The van der Waals surface area contributed by atoms with Crippen molar-refractivity contribution in [3.05, 3.63) is 53.4 Å². The van der Waals surface area contributed by atoms with Crippen LogP contribution in [-0.4, -0.2) is 44.0 Å². The lowest BCUT2D eigenvalue weighted by molar-refractivity contribution is 0.0662. The molecule has 2 aromatic heterocycles. The molecule has 0 unspecified atom stereocenters. The summed E-state index contributed by atoms with van der Waals surface area (Å²) >= 11 is 6.24. The van der Waals surface area contributed by atoms with Gasteiger partial charge in [0.2, 0.25) is 5.95 Å². The van der Waals surface area contributed by atoms with Gasteiger partial charge in [-0.15, -0.1) is 0 Å². The fourth-order valence-electron chi connectivity index (χ4n) is 3.08. The minimum Gasteiger partial charge on any atom is -0.478 e. The number of hydrogen-bond acceptors (Lipinski definition) is 6. The number of carboxylic acid groups (broad SMARTS) is 1. The highest BCUT2D eigenvalue weighted by Gasteiger charge is 2.17. The molecule has 1 aliphatic rings. The maximum Gasteiger partial charge on any atom is 0.335 e. The first-order chi connectivity index (χ1) is 13.6. The molecule has 0 radical (unpaired) electrons. The van der Waals surface area contributed by atoms with Gasteiger partial charge in [0.1, 0.15) is 0 Å². The van der Waals surface area contributed by atoms with E-state index >= 15 is 0 Å². The van der Waals surface area contributed by atoms with Gasteiger partial charge < -0.3 is 15.2 Å². The summed E-state index contributed by atoms with van der Waals surface area (Å²) in [6.07, 6.45) is 7.05. The zero-order valence-corrected chi connectivity index (χ0v) is 15.6. The second kappa shape index (κ2) is 7.95. The number of carboxylic acids is 1. The van der Waals surface area contributed by atoms with Gasteiger partial charge in [0, 0.05) is 25.0 Å². The first-order valence-electron chi connectivity index (χ1n) is 8.85. The first-order valence-corrected chi connectivity index (χ1v) is 9.23. The molecule has 1 saturated heterocycles. The topological polar surface area (TPSA) is 102 Å². The van der Waals surface area contributed by atoms with E-state index in [9.17, 15) is 4.79 Å². The predicted molar refractivity (Wildman–Crippen MR) is 104 cm³/mol. The SMILES string of the molecule is O=C(O)c1ccc(-c2nc(Nc3cnn(C4CCOCC4)c3)ncc2Cl)cc1. The van der Waals surface area contributed by atoms with Crippen LogP contribution in [0.25, 0.3) is 11.3 Å². The molecule has 3 heterocycles. The van der Waals surface area contributed by atoms with Gasteiger partial charge in [-0.3, -0.25) is 4.68 Å². The maximum atomic E-state index is 11.0. The standard InChI is InChI=1S/C19H18ClN5O3/c20-16-10-21-19(24-17(16)12-1-3-13(4-2-12)18(26)27)23-14-9-22-25(11-14)15-5-7-28-8-6-15/h1-4,9-11,15H,5-8H2,(H,26,27)(H,21,23,24). The van der Waals surface area contributed by atoms with Crippen molar-refractivity contribution in [2.75, 3.05) is 18.5 Å². The lowest BCUT2D eigenvalue weighted by Gasteiger charge is -2.22. The number of aromatic carboxylic acids is 1. The van der Waals surface area contributed by atoms with Gasteiger partial charge in [0.15, 0.2) is 0 Å². The molecule has 1 aromatic carbocycles. The van der Waals surface area contributed by atoms with Crippen LogP contribution >= 0.6 is 11.6 Å². The number of nitrogens with zero attached hydrogens (tertiary/aromatic N) is 4. The van der Waals surface area contributed by atoms with Gasteiger partial charge in [-0.25, -0.2) is 14.8 Å². The zero-order valence-electron chi connectivity index (χ0n) is 14.9. The molecule has 3 aromatic rings.